The Hall–Kier alpha value is -6.57. The average molecular weight is 1030 g/mol. The number of azo groups is 2. The summed E-state index contributed by atoms with van der Waals surface area (Å²) in [5, 5.41) is 39.8. The molecule has 0 aliphatic carbocycles. The Balaban J connectivity index is 0.00000118. The van der Waals surface area contributed by atoms with Crippen molar-refractivity contribution in [2.45, 2.75) is 33.4 Å². The highest BCUT2D eigenvalue weighted by Crippen LogP contribution is 2.39. The third-order valence-corrected chi connectivity index (χ3v) is 13.2. The molecule has 2 amide bonds. The molecule has 6 aromatic carbocycles. The van der Waals surface area contributed by atoms with Gasteiger partial charge in [-0.05, 0) is 73.5 Å². The summed E-state index contributed by atoms with van der Waals surface area (Å²) in [5.74, 6) is 0.193. The molecule has 0 saturated carbocycles. The van der Waals surface area contributed by atoms with Crippen LogP contribution in [-0.2, 0) is 40.5 Å². The SMILES string of the molecule is COc1cc(N=Nc2cc(S(=O)(=O)O)c3cccc(S(=O)(=O)O)c3c2)c(C)cc1NC(=O)Nc1cc(C)c(N=Nc2cc(S(=O)(=O)O)c3cccc(S(=O)(=O)O)c3c2)cc1OC.OCCNCCO. The van der Waals surface area contributed by atoms with Crippen LogP contribution in [0.3, 0.4) is 0 Å². The number of nitrogens with one attached hydrogen (secondary N) is 3. The lowest BCUT2D eigenvalue weighted by molar-refractivity contribution is 0.261. The maximum Gasteiger partial charge on any atom is 0.323 e. The lowest BCUT2D eigenvalue weighted by Crippen LogP contribution is -2.21. The van der Waals surface area contributed by atoms with Crippen LogP contribution in [0.15, 0.2) is 125 Å². The van der Waals surface area contributed by atoms with Crippen molar-refractivity contribution in [3.63, 3.8) is 0 Å². The van der Waals surface area contributed by atoms with Crippen LogP contribution in [0.5, 0.6) is 11.5 Å². The van der Waals surface area contributed by atoms with E-state index in [2.05, 4.69) is 36.4 Å². The highest BCUT2D eigenvalue weighted by Gasteiger charge is 2.23. The van der Waals surface area contributed by atoms with Crippen molar-refractivity contribution in [3.8, 4) is 11.5 Å². The van der Waals surface area contributed by atoms with E-state index in [4.69, 9.17) is 19.7 Å². The van der Waals surface area contributed by atoms with E-state index < -0.39 is 66.1 Å². The minimum atomic E-state index is -4.90. The summed E-state index contributed by atoms with van der Waals surface area (Å²) in [6.07, 6.45) is 0. The van der Waals surface area contributed by atoms with Crippen LogP contribution in [0.4, 0.5) is 38.9 Å². The number of urea groups is 1. The Bertz CT molecular complexity index is 3250. The Kier molecular flexibility index (Phi) is 16.9. The van der Waals surface area contributed by atoms with E-state index in [0.29, 0.717) is 24.2 Å². The van der Waals surface area contributed by atoms with Crippen LogP contribution in [0.1, 0.15) is 11.1 Å². The highest BCUT2D eigenvalue weighted by atomic mass is 32.2. The first-order chi connectivity index (χ1) is 32.3. The summed E-state index contributed by atoms with van der Waals surface area (Å²) in [4.78, 5) is 10.7. The van der Waals surface area contributed by atoms with Crippen molar-refractivity contribution in [3.05, 3.63) is 96.1 Å². The summed E-state index contributed by atoms with van der Waals surface area (Å²) >= 11 is 0. The van der Waals surface area contributed by atoms with E-state index in [1.54, 1.807) is 13.8 Å². The third kappa shape index (κ3) is 13.4. The summed E-state index contributed by atoms with van der Waals surface area (Å²) in [5.41, 5.74) is 1.11. The van der Waals surface area contributed by atoms with Crippen LogP contribution in [0.2, 0.25) is 0 Å². The number of aryl methyl sites for hydroxylation is 2. The predicted octanol–water partition coefficient (Wildman–Crippen LogP) is 6.65. The number of ether oxygens (including phenoxy) is 2. The topological polar surface area (TPSA) is 379 Å². The number of carbonyl (C=O) groups excluding carboxylic acids is 1. The summed E-state index contributed by atoms with van der Waals surface area (Å²) in [6, 6.07) is 16.2. The second-order valence-electron chi connectivity index (χ2n) is 14.3. The Morgan fingerprint density at radius 2 is 0.870 bits per heavy atom. The van der Waals surface area contributed by atoms with Crippen LogP contribution in [0, 0.1) is 13.8 Å². The van der Waals surface area contributed by atoms with Gasteiger partial charge in [-0.1, -0.05) is 24.3 Å². The fourth-order valence-corrected chi connectivity index (χ4v) is 9.34. The van der Waals surface area contributed by atoms with Gasteiger partial charge < -0.3 is 35.6 Å². The molecule has 368 valence electrons. The summed E-state index contributed by atoms with van der Waals surface area (Å²) in [7, 11) is -16.8. The largest absolute Gasteiger partial charge is 0.494 e. The molecule has 9 N–H and O–H groups in total. The van der Waals surface area contributed by atoms with Crippen molar-refractivity contribution in [1.29, 1.82) is 0 Å². The van der Waals surface area contributed by atoms with E-state index in [0.717, 1.165) is 36.4 Å². The molecule has 6 rings (SSSR count). The van der Waals surface area contributed by atoms with Gasteiger partial charge in [-0.25, -0.2) is 4.79 Å². The molecule has 0 saturated heterocycles. The Morgan fingerprint density at radius 3 is 1.19 bits per heavy atom. The number of methoxy groups -OCH3 is 2. The van der Waals surface area contributed by atoms with Gasteiger partial charge in [-0.2, -0.15) is 54.1 Å². The number of benzene rings is 6. The molecule has 69 heavy (non-hydrogen) atoms. The molecule has 0 radical (unpaired) electrons. The molecule has 0 unspecified atom stereocenters. The molecule has 0 atom stereocenters. The zero-order valence-electron chi connectivity index (χ0n) is 36.5. The molecule has 24 nitrogen and oxygen atoms in total. The molecule has 28 heteroatoms. The van der Waals surface area contributed by atoms with Crippen LogP contribution >= 0.6 is 0 Å². The lowest BCUT2D eigenvalue weighted by atomic mass is 10.1. The van der Waals surface area contributed by atoms with E-state index in [9.17, 15) is 56.7 Å². The van der Waals surface area contributed by atoms with E-state index in [1.165, 1.54) is 62.8 Å². The Labute approximate surface area is 394 Å². The van der Waals surface area contributed by atoms with Gasteiger partial charge in [0.05, 0.1) is 61.6 Å². The first kappa shape index (κ1) is 53.4. The maximum absolute atomic E-state index is 13.3. The molecule has 0 aliphatic heterocycles. The number of hydrogen-bond donors (Lipinski definition) is 9. The molecule has 6 aromatic rings. The number of rotatable bonds is 16. The van der Waals surface area contributed by atoms with Crippen molar-refractivity contribution >= 4 is 102 Å². The second kappa shape index (κ2) is 21.8. The molecule has 0 spiro atoms. The predicted molar refractivity (Wildman–Crippen MR) is 251 cm³/mol. The van der Waals surface area contributed by atoms with Crippen molar-refractivity contribution < 1.29 is 76.4 Å². The zero-order chi connectivity index (χ0) is 51.1. The quantitative estimate of drug-likeness (QED) is 0.0278. The number of aliphatic hydroxyl groups is 2. The number of amides is 2. The second-order valence-corrected chi connectivity index (χ2v) is 19.9. The third-order valence-electron chi connectivity index (χ3n) is 9.57. The maximum atomic E-state index is 13.3. The fraction of sp³-hybridized carbons (Fsp3) is 0.195. The normalized spacial score (nSPS) is 12.3. The van der Waals surface area contributed by atoms with Crippen LogP contribution in [0.25, 0.3) is 21.5 Å². The summed E-state index contributed by atoms with van der Waals surface area (Å²) in [6.45, 7) is 4.62. The molecule has 0 aliphatic rings. The van der Waals surface area contributed by atoms with Gasteiger partial charge in [0.25, 0.3) is 40.5 Å². The highest BCUT2D eigenvalue weighted by molar-refractivity contribution is 7.87. The summed E-state index contributed by atoms with van der Waals surface area (Å²) < 4.78 is 147. The van der Waals surface area contributed by atoms with E-state index in [1.807, 2.05) is 0 Å². The van der Waals surface area contributed by atoms with Gasteiger partial charge >= 0.3 is 6.03 Å². The van der Waals surface area contributed by atoms with Crippen molar-refractivity contribution in [2.24, 2.45) is 20.5 Å². The minimum Gasteiger partial charge on any atom is -0.494 e. The van der Waals surface area contributed by atoms with Gasteiger partial charge in [0.2, 0.25) is 0 Å². The Morgan fingerprint density at radius 1 is 0.507 bits per heavy atom. The monoisotopic (exact) mass is 1030 g/mol. The number of fused-ring (bicyclic) bond motifs is 2. The molecule has 0 heterocycles. The molecule has 0 aromatic heterocycles. The van der Waals surface area contributed by atoms with Gasteiger partial charge in [0.15, 0.2) is 0 Å². The average Bonchev–Trinajstić information content (AvgIpc) is 3.26. The van der Waals surface area contributed by atoms with E-state index in [-0.39, 0.29) is 80.4 Å². The molecular formula is C41H43N7O17S4. The van der Waals surface area contributed by atoms with Crippen LogP contribution in [-0.4, -0.2) is 109 Å². The number of aliphatic hydroxyl groups excluding tert-OH is 2. The van der Waals surface area contributed by atoms with Gasteiger partial charge in [0.1, 0.15) is 31.1 Å². The first-order valence-electron chi connectivity index (χ1n) is 19.5. The molecule has 0 fully saturated rings. The number of anilines is 2. The molecule has 0 bridgehead atoms. The van der Waals surface area contributed by atoms with Gasteiger partial charge in [-0.3, -0.25) is 18.2 Å². The van der Waals surface area contributed by atoms with Gasteiger partial charge in [-0.15, -0.1) is 0 Å². The number of hydrogen-bond acceptors (Lipinski definition) is 18. The standard InChI is InChI=1S/C37H32N6O15S4.C4H11NO2/c1-19-11-29(31(57-3)17-27(19)42-40-21-13-25-23(35(15-21)61(51,52)53)7-5-9-33(25)59(45,46)47)38-37(44)39-30-12-20(2)28(18-32(30)58-4)43-41-22-14-26-24(36(16-22)62(54,55)56)8-6-10-34(26)60(48,49)50;6-3-1-5-2-4-7/h5-18H,1-4H3,(H2,38,39,44)(H,45,46,47)(H,48,49,50)(H,51,52,53)(H,54,55,56);5-7H,1-4H2. The van der Waals surface area contributed by atoms with Crippen molar-refractivity contribution in [2.75, 3.05) is 51.2 Å². The fourth-order valence-electron chi connectivity index (χ4n) is 6.50. The smallest absolute Gasteiger partial charge is 0.323 e. The number of carbonyl (C=O) groups is 1. The number of nitrogens with zero attached hydrogens (tertiary/aromatic N) is 4. The zero-order valence-corrected chi connectivity index (χ0v) is 39.8. The lowest BCUT2D eigenvalue weighted by Gasteiger charge is -2.15. The molecular weight excluding hydrogens is 991 g/mol. The first-order valence-corrected chi connectivity index (χ1v) is 25.3. The van der Waals surface area contributed by atoms with Crippen molar-refractivity contribution in [1.82, 2.24) is 5.32 Å². The minimum absolute atomic E-state index is 0.0963. The van der Waals surface area contributed by atoms with Gasteiger partial charge in [0, 0.05) is 46.8 Å². The van der Waals surface area contributed by atoms with E-state index >= 15 is 0 Å². The van der Waals surface area contributed by atoms with Crippen LogP contribution < -0.4 is 25.4 Å².